The highest BCUT2D eigenvalue weighted by Gasteiger charge is 2.21. The van der Waals surface area contributed by atoms with E-state index in [1.54, 1.807) is 25.3 Å². The normalized spacial score (nSPS) is 13.1. The van der Waals surface area contributed by atoms with E-state index in [2.05, 4.69) is 14.7 Å². The summed E-state index contributed by atoms with van der Waals surface area (Å²) in [5, 5.41) is -0.533. The van der Waals surface area contributed by atoms with Crippen molar-refractivity contribution in [1.29, 1.82) is 0 Å². The SMILES string of the molecule is CC(Cc1ccccc1)S(=O)(=O)Nc1cc2ncccc2[nH]1. The molecule has 22 heavy (non-hydrogen) atoms. The Hall–Kier alpha value is -2.34. The number of hydrogen-bond acceptors (Lipinski definition) is 3. The highest BCUT2D eigenvalue weighted by Crippen LogP contribution is 2.19. The van der Waals surface area contributed by atoms with Gasteiger partial charge in [-0.05, 0) is 31.0 Å². The van der Waals surface area contributed by atoms with Gasteiger partial charge in [-0.15, -0.1) is 0 Å². The van der Waals surface area contributed by atoms with Gasteiger partial charge in [-0.25, -0.2) is 8.42 Å². The summed E-state index contributed by atoms with van der Waals surface area (Å²) in [6.45, 7) is 1.70. The second-order valence-corrected chi connectivity index (χ2v) is 7.37. The van der Waals surface area contributed by atoms with Crippen LogP contribution in [0, 0.1) is 0 Å². The topological polar surface area (TPSA) is 74.8 Å². The molecule has 1 unspecified atom stereocenters. The van der Waals surface area contributed by atoms with Crippen LogP contribution in [0.15, 0.2) is 54.7 Å². The van der Waals surface area contributed by atoms with Gasteiger partial charge in [0.25, 0.3) is 0 Å². The van der Waals surface area contributed by atoms with Crippen LogP contribution in [-0.2, 0) is 16.4 Å². The van der Waals surface area contributed by atoms with E-state index < -0.39 is 15.3 Å². The smallest absolute Gasteiger partial charge is 0.236 e. The summed E-state index contributed by atoms with van der Waals surface area (Å²) in [6, 6.07) is 14.9. The molecule has 3 aromatic rings. The lowest BCUT2D eigenvalue weighted by Crippen LogP contribution is -2.27. The molecule has 2 N–H and O–H groups in total. The van der Waals surface area contributed by atoms with E-state index in [4.69, 9.17) is 0 Å². The van der Waals surface area contributed by atoms with Crippen molar-refractivity contribution >= 4 is 26.9 Å². The van der Waals surface area contributed by atoms with Crippen molar-refractivity contribution in [3.8, 4) is 0 Å². The van der Waals surface area contributed by atoms with Crippen molar-refractivity contribution in [1.82, 2.24) is 9.97 Å². The number of H-pyrrole nitrogens is 1. The summed E-state index contributed by atoms with van der Waals surface area (Å²) in [6.07, 6.45) is 2.14. The first-order valence-corrected chi connectivity index (χ1v) is 8.58. The van der Waals surface area contributed by atoms with Gasteiger partial charge >= 0.3 is 0 Å². The first-order chi connectivity index (χ1) is 10.5. The number of hydrogen-bond donors (Lipinski definition) is 2. The number of nitrogens with zero attached hydrogens (tertiary/aromatic N) is 1. The van der Waals surface area contributed by atoms with Gasteiger partial charge in [-0.3, -0.25) is 9.71 Å². The van der Waals surface area contributed by atoms with Gasteiger partial charge in [0.15, 0.2) is 0 Å². The maximum absolute atomic E-state index is 12.4. The Morgan fingerprint density at radius 3 is 2.68 bits per heavy atom. The molecule has 0 saturated carbocycles. The van der Waals surface area contributed by atoms with Gasteiger partial charge in [0.1, 0.15) is 5.82 Å². The fourth-order valence-electron chi connectivity index (χ4n) is 2.32. The van der Waals surface area contributed by atoms with E-state index in [1.165, 1.54) is 0 Å². The lowest BCUT2D eigenvalue weighted by atomic mass is 10.1. The number of pyridine rings is 1. The van der Waals surface area contributed by atoms with Gasteiger partial charge in [-0.1, -0.05) is 30.3 Å². The van der Waals surface area contributed by atoms with Gasteiger partial charge in [0.05, 0.1) is 16.3 Å². The van der Waals surface area contributed by atoms with Crippen molar-refractivity contribution in [2.75, 3.05) is 4.72 Å². The van der Waals surface area contributed by atoms with E-state index >= 15 is 0 Å². The van der Waals surface area contributed by atoms with E-state index in [1.807, 2.05) is 36.4 Å². The summed E-state index contributed by atoms with van der Waals surface area (Å²) in [7, 11) is -3.47. The van der Waals surface area contributed by atoms with Crippen molar-refractivity contribution in [3.63, 3.8) is 0 Å². The molecule has 0 spiro atoms. The van der Waals surface area contributed by atoms with Gasteiger partial charge < -0.3 is 4.98 Å². The number of rotatable bonds is 5. The number of anilines is 1. The molecule has 0 radical (unpaired) electrons. The van der Waals surface area contributed by atoms with E-state index in [9.17, 15) is 8.42 Å². The predicted molar refractivity (Wildman–Crippen MR) is 88.2 cm³/mol. The molecule has 3 rings (SSSR count). The highest BCUT2D eigenvalue weighted by molar-refractivity contribution is 7.93. The first kappa shape index (κ1) is 14.6. The molecule has 0 fully saturated rings. The lowest BCUT2D eigenvalue weighted by molar-refractivity contribution is 0.588. The van der Waals surface area contributed by atoms with E-state index in [0.29, 0.717) is 12.2 Å². The van der Waals surface area contributed by atoms with Crippen LogP contribution < -0.4 is 4.72 Å². The predicted octanol–water partition coefficient (Wildman–Crippen LogP) is 2.94. The third kappa shape index (κ3) is 3.12. The summed E-state index contributed by atoms with van der Waals surface area (Å²) in [5.74, 6) is 0.439. The zero-order valence-electron chi connectivity index (χ0n) is 12.2. The monoisotopic (exact) mass is 315 g/mol. The second kappa shape index (κ2) is 5.81. The molecule has 2 aromatic heterocycles. The maximum Gasteiger partial charge on any atom is 0.236 e. The molecule has 0 saturated heterocycles. The average Bonchev–Trinajstić information content (AvgIpc) is 2.89. The Morgan fingerprint density at radius 2 is 1.95 bits per heavy atom. The number of aromatic nitrogens is 2. The third-order valence-electron chi connectivity index (χ3n) is 3.54. The largest absolute Gasteiger partial charge is 0.339 e. The molecule has 0 bridgehead atoms. The molecule has 0 amide bonds. The number of sulfonamides is 1. The van der Waals surface area contributed by atoms with Crippen molar-refractivity contribution in [2.24, 2.45) is 0 Å². The Bertz CT molecular complexity index is 840. The van der Waals surface area contributed by atoms with Crippen molar-refractivity contribution in [2.45, 2.75) is 18.6 Å². The van der Waals surface area contributed by atoms with Crippen LogP contribution in [0.1, 0.15) is 12.5 Å². The van der Waals surface area contributed by atoms with E-state index in [0.717, 1.165) is 16.6 Å². The number of nitrogens with one attached hydrogen (secondary N) is 2. The molecular formula is C16H17N3O2S. The summed E-state index contributed by atoms with van der Waals surface area (Å²) >= 11 is 0. The van der Waals surface area contributed by atoms with Crippen LogP contribution in [0.5, 0.6) is 0 Å². The maximum atomic E-state index is 12.4. The fraction of sp³-hybridized carbons (Fsp3) is 0.188. The zero-order valence-corrected chi connectivity index (χ0v) is 13.0. The lowest BCUT2D eigenvalue weighted by Gasteiger charge is -2.13. The Labute approximate surface area is 129 Å². The number of aromatic amines is 1. The Kier molecular flexibility index (Phi) is 3.85. The molecule has 2 heterocycles. The molecule has 0 aliphatic carbocycles. The summed E-state index contributed by atoms with van der Waals surface area (Å²) < 4.78 is 27.5. The minimum Gasteiger partial charge on any atom is -0.339 e. The minimum atomic E-state index is -3.47. The average molecular weight is 315 g/mol. The highest BCUT2D eigenvalue weighted by atomic mass is 32.2. The quantitative estimate of drug-likeness (QED) is 0.760. The molecule has 6 heteroatoms. The van der Waals surface area contributed by atoms with Gasteiger partial charge in [0.2, 0.25) is 10.0 Å². The van der Waals surface area contributed by atoms with Gasteiger partial charge in [-0.2, -0.15) is 0 Å². The fourth-order valence-corrected chi connectivity index (χ4v) is 3.35. The molecular weight excluding hydrogens is 298 g/mol. The molecule has 5 nitrogen and oxygen atoms in total. The minimum absolute atomic E-state index is 0.439. The van der Waals surface area contributed by atoms with Crippen LogP contribution in [-0.4, -0.2) is 23.6 Å². The van der Waals surface area contributed by atoms with Crippen LogP contribution in [0.2, 0.25) is 0 Å². The summed E-state index contributed by atoms with van der Waals surface area (Å²) in [5.41, 5.74) is 2.53. The summed E-state index contributed by atoms with van der Waals surface area (Å²) in [4.78, 5) is 7.20. The molecule has 1 aromatic carbocycles. The first-order valence-electron chi connectivity index (χ1n) is 7.04. The van der Waals surface area contributed by atoms with E-state index in [-0.39, 0.29) is 0 Å². The van der Waals surface area contributed by atoms with Crippen LogP contribution in [0.3, 0.4) is 0 Å². The number of fused-ring (bicyclic) bond motifs is 1. The van der Waals surface area contributed by atoms with Gasteiger partial charge in [0, 0.05) is 12.3 Å². The van der Waals surface area contributed by atoms with Crippen LogP contribution in [0.25, 0.3) is 11.0 Å². The second-order valence-electron chi connectivity index (χ2n) is 5.27. The molecule has 1 atom stereocenters. The van der Waals surface area contributed by atoms with Crippen molar-refractivity contribution in [3.05, 3.63) is 60.3 Å². The van der Waals surface area contributed by atoms with Crippen LogP contribution in [0.4, 0.5) is 5.82 Å². The molecule has 114 valence electrons. The Morgan fingerprint density at radius 1 is 1.18 bits per heavy atom. The zero-order chi connectivity index (χ0) is 15.6. The Balaban J connectivity index is 1.77. The third-order valence-corrected chi connectivity index (χ3v) is 5.27. The molecule has 0 aliphatic rings. The number of benzene rings is 1. The van der Waals surface area contributed by atoms with Crippen molar-refractivity contribution < 1.29 is 8.42 Å². The van der Waals surface area contributed by atoms with Crippen LogP contribution >= 0.6 is 0 Å². The molecule has 0 aliphatic heterocycles. The standard InChI is InChI=1S/C16H17N3O2S/c1-12(10-13-6-3-2-4-7-13)22(20,21)19-16-11-15-14(18-16)8-5-9-17-15/h2-9,11-12,18-19H,10H2,1H3.